The zero-order valence-electron chi connectivity index (χ0n) is 18.2. The van der Waals surface area contributed by atoms with E-state index in [1.165, 1.54) is 11.1 Å². The van der Waals surface area contributed by atoms with Crippen LogP contribution in [0.4, 0.5) is 10.9 Å². The Hall–Kier alpha value is -2.81. The molecule has 1 fully saturated rings. The smallest absolute Gasteiger partial charge is 0.236 e. The van der Waals surface area contributed by atoms with Crippen molar-refractivity contribution in [2.24, 2.45) is 0 Å². The molecular formula is C24H27N5O2S. The quantitative estimate of drug-likeness (QED) is 0.642. The molecule has 8 heteroatoms. The van der Waals surface area contributed by atoms with Gasteiger partial charge in [-0.25, -0.2) is 9.97 Å². The van der Waals surface area contributed by atoms with Gasteiger partial charge in [0, 0.05) is 30.7 Å². The Morgan fingerprint density at radius 1 is 1.19 bits per heavy atom. The first kappa shape index (κ1) is 21.1. The standard InChI is InChI=1S/C24H27N5O2S/c1-17-13-25-24(32-17)27-22-8-4-7-20(26-22)21-15-29(11-12-31-21)23(30)16-28-10-9-18-5-2-3-6-19(18)14-28/h2-8,13,21H,9-12,14-16H2,1H3,(H,25,26,27). The summed E-state index contributed by atoms with van der Waals surface area (Å²) in [6.07, 6.45) is 2.61. The molecule has 1 unspecified atom stereocenters. The van der Waals surface area contributed by atoms with E-state index in [2.05, 4.69) is 39.5 Å². The predicted molar refractivity (Wildman–Crippen MR) is 125 cm³/mol. The van der Waals surface area contributed by atoms with Gasteiger partial charge in [0.25, 0.3) is 0 Å². The van der Waals surface area contributed by atoms with E-state index in [9.17, 15) is 4.79 Å². The Labute approximate surface area is 192 Å². The van der Waals surface area contributed by atoms with E-state index in [1.807, 2.05) is 36.2 Å². The molecule has 166 valence electrons. The molecule has 2 aliphatic heterocycles. The molecule has 7 nitrogen and oxygen atoms in total. The molecule has 0 aliphatic carbocycles. The zero-order valence-corrected chi connectivity index (χ0v) is 19.0. The average molecular weight is 450 g/mol. The van der Waals surface area contributed by atoms with Gasteiger partial charge in [-0.15, -0.1) is 11.3 Å². The van der Waals surface area contributed by atoms with Crippen molar-refractivity contribution >= 4 is 28.2 Å². The van der Waals surface area contributed by atoms with Crippen LogP contribution in [0.1, 0.15) is 27.8 Å². The largest absolute Gasteiger partial charge is 0.368 e. The molecule has 1 saturated heterocycles. The van der Waals surface area contributed by atoms with Crippen molar-refractivity contribution in [3.05, 3.63) is 70.4 Å². The third kappa shape index (κ3) is 4.82. The van der Waals surface area contributed by atoms with Gasteiger partial charge in [0.2, 0.25) is 5.91 Å². The Balaban J connectivity index is 1.21. The molecule has 1 aromatic carbocycles. The van der Waals surface area contributed by atoms with E-state index in [1.54, 1.807) is 11.3 Å². The number of benzene rings is 1. The molecule has 1 N–H and O–H groups in total. The number of carbonyl (C=O) groups excluding carboxylic acids is 1. The summed E-state index contributed by atoms with van der Waals surface area (Å²) in [5.41, 5.74) is 3.55. The van der Waals surface area contributed by atoms with Crippen molar-refractivity contribution < 1.29 is 9.53 Å². The van der Waals surface area contributed by atoms with E-state index in [-0.39, 0.29) is 12.0 Å². The van der Waals surface area contributed by atoms with E-state index in [0.29, 0.717) is 26.2 Å². The van der Waals surface area contributed by atoms with Crippen LogP contribution in [0.5, 0.6) is 0 Å². The monoisotopic (exact) mass is 449 g/mol. The summed E-state index contributed by atoms with van der Waals surface area (Å²) in [6.45, 7) is 5.88. The number of nitrogens with zero attached hydrogens (tertiary/aromatic N) is 4. The van der Waals surface area contributed by atoms with Crippen molar-refractivity contribution in [1.82, 2.24) is 19.8 Å². The first-order valence-electron chi connectivity index (χ1n) is 11.0. The fourth-order valence-electron chi connectivity index (χ4n) is 4.26. The number of ether oxygens (including phenoxy) is 1. The number of hydrogen-bond acceptors (Lipinski definition) is 7. The number of aryl methyl sites for hydroxylation is 1. The van der Waals surface area contributed by atoms with Gasteiger partial charge in [-0.2, -0.15) is 0 Å². The molecular weight excluding hydrogens is 422 g/mol. The maximum absolute atomic E-state index is 13.1. The number of nitrogens with one attached hydrogen (secondary N) is 1. The molecule has 0 saturated carbocycles. The van der Waals surface area contributed by atoms with E-state index < -0.39 is 0 Å². The highest BCUT2D eigenvalue weighted by Gasteiger charge is 2.28. The van der Waals surface area contributed by atoms with Crippen molar-refractivity contribution in [3.63, 3.8) is 0 Å². The number of aromatic nitrogens is 2. The minimum absolute atomic E-state index is 0.158. The topological polar surface area (TPSA) is 70.6 Å². The second kappa shape index (κ2) is 9.36. The van der Waals surface area contributed by atoms with E-state index in [4.69, 9.17) is 9.72 Å². The number of pyridine rings is 1. The average Bonchev–Trinajstić information content (AvgIpc) is 3.23. The minimum atomic E-state index is -0.227. The number of rotatable bonds is 5. The molecule has 1 amide bonds. The van der Waals surface area contributed by atoms with Gasteiger partial charge in [-0.1, -0.05) is 30.3 Å². The van der Waals surface area contributed by atoms with E-state index >= 15 is 0 Å². The lowest BCUT2D eigenvalue weighted by atomic mass is 10.00. The number of fused-ring (bicyclic) bond motifs is 1. The van der Waals surface area contributed by atoms with Gasteiger partial charge in [-0.3, -0.25) is 9.69 Å². The van der Waals surface area contributed by atoms with Gasteiger partial charge in [0.05, 0.1) is 25.4 Å². The molecule has 0 spiro atoms. The van der Waals surface area contributed by atoms with Gasteiger partial charge in [0.1, 0.15) is 11.9 Å². The molecule has 3 aromatic rings. The maximum atomic E-state index is 13.1. The maximum Gasteiger partial charge on any atom is 0.236 e. The fourth-order valence-corrected chi connectivity index (χ4v) is 4.93. The number of morpholine rings is 1. The van der Waals surface area contributed by atoms with Crippen LogP contribution in [-0.2, 0) is 22.5 Å². The Bertz CT molecular complexity index is 1100. The number of thiazole rings is 1. The van der Waals surface area contributed by atoms with Gasteiger partial charge in [0.15, 0.2) is 5.13 Å². The summed E-state index contributed by atoms with van der Waals surface area (Å²) >= 11 is 1.59. The van der Waals surface area contributed by atoms with Crippen LogP contribution in [0, 0.1) is 6.92 Å². The lowest BCUT2D eigenvalue weighted by molar-refractivity contribution is -0.140. The lowest BCUT2D eigenvalue weighted by Gasteiger charge is -2.35. The molecule has 4 heterocycles. The Morgan fingerprint density at radius 3 is 2.91 bits per heavy atom. The normalized spacial score (nSPS) is 18.9. The van der Waals surface area contributed by atoms with Gasteiger partial charge in [-0.05, 0) is 36.6 Å². The number of amides is 1. The van der Waals surface area contributed by atoms with E-state index in [0.717, 1.165) is 41.0 Å². The summed E-state index contributed by atoms with van der Waals surface area (Å²) in [6, 6.07) is 14.3. The second-order valence-corrected chi connectivity index (χ2v) is 9.51. The molecule has 2 aliphatic rings. The van der Waals surface area contributed by atoms with Crippen LogP contribution < -0.4 is 5.32 Å². The van der Waals surface area contributed by atoms with Gasteiger partial charge < -0.3 is 15.0 Å². The number of hydrogen-bond donors (Lipinski definition) is 1. The fraction of sp³-hybridized carbons (Fsp3) is 0.375. The highest BCUT2D eigenvalue weighted by molar-refractivity contribution is 7.15. The Morgan fingerprint density at radius 2 is 2.06 bits per heavy atom. The number of anilines is 2. The third-order valence-corrected chi connectivity index (χ3v) is 6.77. The molecule has 1 atom stereocenters. The van der Waals surface area contributed by atoms with Crippen LogP contribution in [0.3, 0.4) is 0 Å². The first-order chi connectivity index (χ1) is 15.6. The first-order valence-corrected chi connectivity index (χ1v) is 11.8. The van der Waals surface area contributed by atoms with Gasteiger partial charge >= 0.3 is 0 Å². The summed E-state index contributed by atoms with van der Waals surface area (Å²) in [4.78, 5) is 27.4. The highest BCUT2D eigenvalue weighted by atomic mass is 32.1. The zero-order chi connectivity index (χ0) is 21.9. The van der Waals surface area contributed by atoms with Crippen molar-refractivity contribution in [2.75, 3.05) is 38.1 Å². The second-order valence-electron chi connectivity index (χ2n) is 8.28. The summed E-state index contributed by atoms with van der Waals surface area (Å²) < 4.78 is 5.98. The minimum Gasteiger partial charge on any atom is -0.368 e. The van der Waals surface area contributed by atoms with Crippen LogP contribution in [0.15, 0.2) is 48.7 Å². The highest BCUT2D eigenvalue weighted by Crippen LogP contribution is 2.25. The molecule has 32 heavy (non-hydrogen) atoms. The SMILES string of the molecule is Cc1cnc(Nc2cccc(C3CN(C(=O)CN4CCc5ccccc5C4)CCO3)n2)s1. The molecule has 5 rings (SSSR count). The van der Waals surface area contributed by atoms with Crippen LogP contribution in [0.2, 0.25) is 0 Å². The van der Waals surface area contributed by atoms with Crippen molar-refractivity contribution in [3.8, 4) is 0 Å². The molecule has 2 aromatic heterocycles. The van der Waals surface area contributed by atoms with Crippen LogP contribution in [-0.4, -0.2) is 58.5 Å². The number of carbonyl (C=O) groups is 1. The van der Waals surface area contributed by atoms with Crippen LogP contribution >= 0.6 is 11.3 Å². The summed E-state index contributed by atoms with van der Waals surface area (Å²) in [5.74, 6) is 0.890. The summed E-state index contributed by atoms with van der Waals surface area (Å²) in [5, 5.41) is 4.07. The van der Waals surface area contributed by atoms with Crippen LogP contribution in [0.25, 0.3) is 0 Å². The molecule has 0 bridgehead atoms. The van der Waals surface area contributed by atoms with Crippen molar-refractivity contribution in [2.45, 2.75) is 26.0 Å². The Kier molecular flexibility index (Phi) is 6.16. The lowest BCUT2D eigenvalue weighted by Crippen LogP contribution is -2.47. The third-order valence-electron chi connectivity index (χ3n) is 5.94. The van der Waals surface area contributed by atoms with Crippen molar-refractivity contribution in [1.29, 1.82) is 0 Å². The summed E-state index contributed by atoms with van der Waals surface area (Å²) in [7, 11) is 0. The molecule has 0 radical (unpaired) electrons. The predicted octanol–water partition coefficient (Wildman–Crippen LogP) is 3.55.